The van der Waals surface area contributed by atoms with Crippen LogP contribution in [0.4, 0.5) is 13.2 Å². The number of benzene rings is 2. The van der Waals surface area contributed by atoms with Gasteiger partial charge in [0.05, 0.1) is 0 Å². The van der Waals surface area contributed by atoms with Gasteiger partial charge in [-0.15, -0.1) is 11.3 Å². The SMILES string of the molecule is CC(=O)NC(CCc1ccc2sc3ccc(OS(=O)(=O)C(F)(F)F)cc3c(=O)c2c1)(COC(C)=O)COC(C)=O. The third-order valence-corrected chi connectivity index (χ3v) is 7.76. The molecule has 15 heteroatoms. The van der Waals surface area contributed by atoms with Gasteiger partial charge < -0.3 is 19.0 Å². The summed E-state index contributed by atoms with van der Waals surface area (Å²) in [6.07, 6.45) is 0.366. The zero-order chi connectivity index (χ0) is 29.9. The Hall–Kier alpha value is -3.72. The van der Waals surface area contributed by atoms with Crippen molar-refractivity contribution < 1.29 is 49.6 Å². The smallest absolute Gasteiger partial charge is 0.463 e. The van der Waals surface area contributed by atoms with E-state index in [1.807, 2.05) is 0 Å². The minimum Gasteiger partial charge on any atom is -0.463 e. The van der Waals surface area contributed by atoms with Gasteiger partial charge in [0.25, 0.3) is 0 Å². The van der Waals surface area contributed by atoms with Crippen molar-refractivity contribution in [3.8, 4) is 5.75 Å². The van der Waals surface area contributed by atoms with Crippen molar-refractivity contribution in [2.24, 2.45) is 0 Å². The predicted molar refractivity (Wildman–Crippen MR) is 139 cm³/mol. The molecule has 0 unspecified atom stereocenters. The quantitative estimate of drug-likeness (QED) is 0.159. The molecule has 0 saturated carbocycles. The van der Waals surface area contributed by atoms with E-state index in [4.69, 9.17) is 9.47 Å². The summed E-state index contributed by atoms with van der Waals surface area (Å²) in [5, 5.41) is 2.86. The fraction of sp³-hybridized carbons (Fsp3) is 0.360. The molecular formula is C25H24F3NO9S2. The van der Waals surface area contributed by atoms with Gasteiger partial charge >= 0.3 is 27.6 Å². The molecule has 3 rings (SSSR count). The van der Waals surface area contributed by atoms with Crippen LogP contribution in [0.2, 0.25) is 0 Å². The number of halogens is 3. The number of hydrogen-bond acceptors (Lipinski definition) is 10. The molecule has 2 aromatic carbocycles. The standard InChI is InChI=1S/C25H24F3NO9S2/c1-14(30)29-24(12-36-15(2)31,13-37-16(3)32)9-8-17-4-6-21-19(10-17)23(33)20-11-18(5-7-22(20)39-21)38-40(34,35)25(26,27)28/h4-7,10-11H,8-9,12-13H2,1-3H3,(H,29,30). The zero-order valence-electron chi connectivity index (χ0n) is 21.4. The molecule has 0 spiro atoms. The van der Waals surface area contributed by atoms with E-state index in [0.717, 1.165) is 23.5 Å². The fourth-order valence-corrected chi connectivity index (χ4v) is 5.30. The number of carbonyl (C=O) groups is 3. The van der Waals surface area contributed by atoms with Gasteiger partial charge in [0.15, 0.2) is 5.43 Å². The summed E-state index contributed by atoms with van der Waals surface area (Å²) in [5.41, 5.74) is -6.85. The highest BCUT2D eigenvalue weighted by Crippen LogP contribution is 2.31. The Balaban J connectivity index is 1.98. The van der Waals surface area contributed by atoms with E-state index in [9.17, 15) is 40.8 Å². The Labute approximate surface area is 230 Å². The first-order valence-electron chi connectivity index (χ1n) is 11.6. The average Bonchev–Trinajstić information content (AvgIpc) is 2.84. The van der Waals surface area contributed by atoms with Crippen LogP contribution >= 0.6 is 11.3 Å². The largest absolute Gasteiger partial charge is 0.534 e. The van der Waals surface area contributed by atoms with Crippen LogP contribution in [0.1, 0.15) is 32.8 Å². The number of amides is 1. The first kappa shape index (κ1) is 30.8. The Morgan fingerprint density at radius 1 is 0.900 bits per heavy atom. The van der Waals surface area contributed by atoms with E-state index in [0.29, 0.717) is 15.0 Å². The highest BCUT2D eigenvalue weighted by molar-refractivity contribution is 7.88. The van der Waals surface area contributed by atoms with Crippen LogP contribution in [0.25, 0.3) is 20.2 Å². The lowest BCUT2D eigenvalue weighted by Gasteiger charge is -2.33. The van der Waals surface area contributed by atoms with Gasteiger partial charge in [0.2, 0.25) is 5.91 Å². The summed E-state index contributed by atoms with van der Waals surface area (Å²) in [4.78, 5) is 48.1. The normalized spacial score (nSPS) is 12.2. The lowest BCUT2D eigenvalue weighted by atomic mass is 9.92. The minimum atomic E-state index is -5.92. The molecule has 1 amide bonds. The third kappa shape index (κ3) is 7.47. The van der Waals surface area contributed by atoms with Crippen LogP contribution in [0.5, 0.6) is 5.75 Å². The molecule has 1 N–H and O–H groups in total. The number of esters is 2. The van der Waals surface area contributed by atoms with E-state index >= 15 is 0 Å². The average molecular weight is 604 g/mol. The molecule has 1 heterocycles. The van der Waals surface area contributed by atoms with Crippen LogP contribution in [0.15, 0.2) is 41.2 Å². The van der Waals surface area contributed by atoms with Gasteiger partial charge in [0.1, 0.15) is 24.5 Å². The number of carbonyl (C=O) groups excluding carboxylic acids is 3. The summed E-state index contributed by atoms with van der Waals surface area (Å²) in [7, 11) is -5.92. The van der Waals surface area contributed by atoms with Crippen molar-refractivity contribution in [3.63, 3.8) is 0 Å². The van der Waals surface area contributed by atoms with Gasteiger partial charge in [-0.3, -0.25) is 19.2 Å². The van der Waals surface area contributed by atoms with Crippen LogP contribution in [-0.2, 0) is 40.4 Å². The van der Waals surface area contributed by atoms with Crippen molar-refractivity contribution in [2.45, 2.75) is 44.7 Å². The number of rotatable bonds is 10. The molecule has 0 saturated heterocycles. The Bertz CT molecular complexity index is 1610. The molecule has 3 aromatic rings. The molecule has 10 nitrogen and oxygen atoms in total. The second-order valence-electron chi connectivity index (χ2n) is 8.92. The van der Waals surface area contributed by atoms with Gasteiger partial charge in [-0.25, -0.2) is 0 Å². The zero-order valence-corrected chi connectivity index (χ0v) is 23.1. The van der Waals surface area contributed by atoms with Gasteiger partial charge in [0, 0.05) is 40.9 Å². The lowest BCUT2D eigenvalue weighted by molar-refractivity contribution is -0.150. The minimum absolute atomic E-state index is 0.0400. The van der Waals surface area contributed by atoms with Gasteiger partial charge in [-0.2, -0.15) is 21.6 Å². The van der Waals surface area contributed by atoms with E-state index in [1.54, 1.807) is 18.2 Å². The number of hydrogen-bond donors (Lipinski definition) is 1. The lowest BCUT2D eigenvalue weighted by Crippen LogP contribution is -2.55. The molecule has 216 valence electrons. The molecule has 0 radical (unpaired) electrons. The molecule has 0 aliphatic rings. The number of fused-ring (bicyclic) bond motifs is 2. The molecular weight excluding hydrogens is 579 g/mol. The van der Waals surface area contributed by atoms with E-state index in [-0.39, 0.29) is 36.8 Å². The van der Waals surface area contributed by atoms with Crippen molar-refractivity contribution in [3.05, 3.63) is 52.2 Å². The molecule has 0 aliphatic carbocycles. The summed E-state index contributed by atoms with van der Waals surface area (Å²) in [6, 6.07) is 8.21. The number of nitrogens with one attached hydrogen (secondary N) is 1. The first-order chi connectivity index (χ1) is 18.5. The van der Waals surface area contributed by atoms with Crippen LogP contribution in [0.3, 0.4) is 0 Å². The van der Waals surface area contributed by atoms with E-state index < -0.39 is 50.2 Å². The molecule has 0 atom stereocenters. The first-order valence-corrected chi connectivity index (χ1v) is 13.8. The third-order valence-electron chi connectivity index (χ3n) is 5.63. The van der Waals surface area contributed by atoms with Crippen molar-refractivity contribution in [2.75, 3.05) is 13.2 Å². The van der Waals surface area contributed by atoms with Gasteiger partial charge in [-0.05, 0) is 48.7 Å². The Morgan fingerprint density at radius 3 is 1.98 bits per heavy atom. The van der Waals surface area contributed by atoms with E-state index in [2.05, 4.69) is 9.50 Å². The predicted octanol–water partition coefficient (Wildman–Crippen LogP) is 3.58. The summed E-state index contributed by atoms with van der Waals surface area (Å²) in [6.45, 7) is 3.05. The maximum absolute atomic E-state index is 13.3. The topological polar surface area (TPSA) is 142 Å². The maximum atomic E-state index is 13.3. The second kappa shape index (κ2) is 11.8. The highest BCUT2D eigenvalue weighted by Gasteiger charge is 2.48. The Kier molecular flexibility index (Phi) is 9.09. The Morgan fingerprint density at radius 2 is 1.45 bits per heavy atom. The van der Waals surface area contributed by atoms with Gasteiger partial charge in [-0.1, -0.05) is 6.07 Å². The van der Waals surface area contributed by atoms with E-state index in [1.165, 1.54) is 26.8 Å². The second-order valence-corrected chi connectivity index (χ2v) is 11.5. The monoisotopic (exact) mass is 603 g/mol. The molecule has 40 heavy (non-hydrogen) atoms. The molecule has 0 bridgehead atoms. The highest BCUT2D eigenvalue weighted by atomic mass is 32.2. The number of aryl methyl sites for hydroxylation is 1. The van der Waals surface area contributed by atoms with Crippen molar-refractivity contribution in [1.82, 2.24) is 5.32 Å². The number of alkyl halides is 3. The molecule has 0 aliphatic heterocycles. The summed E-state index contributed by atoms with van der Waals surface area (Å²) >= 11 is 1.16. The summed E-state index contributed by atoms with van der Waals surface area (Å²) < 4.78 is 76.3. The molecule has 1 aromatic heterocycles. The van der Waals surface area contributed by atoms with Crippen LogP contribution in [0, 0.1) is 0 Å². The number of ether oxygens (including phenoxy) is 2. The summed E-state index contributed by atoms with van der Waals surface area (Å²) in [5.74, 6) is -2.35. The van der Waals surface area contributed by atoms with Crippen molar-refractivity contribution in [1.29, 1.82) is 0 Å². The van der Waals surface area contributed by atoms with Crippen molar-refractivity contribution >= 4 is 59.5 Å². The fourth-order valence-electron chi connectivity index (χ4n) is 3.82. The van der Waals surface area contributed by atoms with Crippen LogP contribution in [-0.4, -0.2) is 50.5 Å². The maximum Gasteiger partial charge on any atom is 0.534 e. The van der Waals surface area contributed by atoms with Crippen LogP contribution < -0.4 is 14.9 Å². The molecule has 0 fully saturated rings.